The van der Waals surface area contributed by atoms with Crippen LogP contribution in [0, 0.1) is 11.3 Å². The molecule has 0 radical (unpaired) electrons. The first-order valence-corrected chi connectivity index (χ1v) is 8.65. The molecule has 0 amide bonds. The van der Waals surface area contributed by atoms with E-state index in [4.69, 9.17) is 10.2 Å². The van der Waals surface area contributed by atoms with E-state index in [1.165, 1.54) is 19.3 Å². The van der Waals surface area contributed by atoms with Gasteiger partial charge >= 0.3 is 11.9 Å². The molecule has 0 rings (SSSR count). The minimum atomic E-state index is -0.686. The van der Waals surface area contributed by atoms with Crippen LogP contribution >= 0.6 is 0 Å². The molecule has 0 fully saturated rings. The highest BCUT2D eigenvalue weighted by Crippen LogP contribution is 2.23. The number of unbranched alkanes of at least 4 members (excludes halogenated alkanes) is 5. The lowest BCUT2D eigenvalue weighted by atomic mass is 9.87. The summed E-state index contributed by atoms with van der Waals surface area (Å²) in [6.07, 6.45) is 9.59. The predicted octanol–water partition coefficient (Wildman–Crippen LogP) is 5.36. The average molecular weight is 316 g/mol. The van der Waals surface area contributed by atoms with E-state index in [1.54, 1.807) is 20.8 Å². The van der Waals surface area contributed by atoms with E-state index in [-0.39, 0.29) is 5.92 Å². The van der Waals surface area contributed by atoms with E-state index < -0.39 is 17.4 Å². The van der Waals surface area contributed by atoms with Crippen LogP contribution in [0.1, 0.15) is 92.4 Å². The lowest BCUT2D eigenvalue weighted by molar-refractivity contribution is -0.147. The zero-order chi connectivity index (χ0) is 17.6. The highest BCUT2D eigenvalue weighted by atomic mass is 16.4. The summed E-state index contributed by atoms with van der Waals surface area (Å²) < 4.78 is 0. The molecule has 0 aliphatic heterocycles. The quantitative estimate of drug-likeness (QED) is 0.503. The van der Waals surface area contributed by atoms with E-state index in [0.717, 1.165) is 38.5 Å². The SMILES string of the molecule is CCCCCC(C)(C)C(=O)O.CCCCCCC(C)C(=O)O. The van der Waals surface area contributed by atoms with Crippen molar-refractivity contribution >= 4 is 11.9 Å². The maximum absolute atomic E-state index is 10.6. The van der Waals surface area contributed by atoms with Gasteiger partial charge in [0.1, 0.15) is 0 Å². The Labute approximate surface area is 136 Å². The Morgan fingerprint density at radius 3 is 1.82 bits per heavy atom. The summed E-state index contributed by atoms with van der Waals surface area (Å²) >= 11 is 0. The Kier molecular flexibility index (Phi) is 14.3. The third-order valence-corrected chi connectivity index (χ3v) is 3.90. The Hall–Kier alpha value is -1.06. The normalized spacial score (nSPS) is 12.2. The van der Waals surface area contributed by atoms with Gasteiger partial charge in [0.2, 0.25) is 0 Å². The second kappa shape index (κ2) is 13.6. The third kappa shape index (κ3) is 13.9. The van der Waals surface area contributed by atoms with Gasteiger partial charge in [-0.15, -0.1) is 0 Å². The largest absolute Gasteiger partial charge is 0.481 e. The van der Waals surface area contributed by atoms with Gasteiger partial charge < -0.3 is 10.2 Å². The molecule has 0 aliphatic carbocycles. The van der Waals surface area contributed by atoms with E-state index >= 15 is 0 Å². The lowest BCUT2D eigenvalue weighted by Gasteiger charge is -2.18. The van der Waals surface area contributed by atoms with Gasteiger partial charge in [0, 0.05) is 0 Å². The number of hydrogen-bond acceptors (Lipinski definition) is 2. The molecular weight excluding hydrogens is 280 g/mol. The van der Waals surface area contributed by atoms with Crippen molar-refractivity contribution in [3.8, 4) is 0 Å². The summed E-state index contributed by atoms with van der Waals surface area (Å²) in [6.45, 7) is 9.61. The number of aliphatic carboxylic acids is 2. The number of hydrogen-bond donors (Lipinski definition) is 2. The molecule has 0 spiro atoms. The predicted molar refractivity (Wildman–Crippen MR) is 91.1 cm³/mol. The summed E-state index contributed by atoms with van der Waals surface area (Å²) in [6, 6.07) is 0. The highest BCUT2D eigenvalue weighted by molar-refractivity contribution is 5.73. The monoisotopic (exact) mass is 316 g/mol. The summed E-state index contributed by atoms with van der Waals surface area (Å²) in [5.74, 6) is -1.51. The topological polar surface area (TPSA) is 74.6 Å². The lowest BCUT2D eigenvalue weighted by Crippen LogP contribution is -2.23. The number of carboxylic acid groups (broad SMARTS) is 2. The minimum absolute atomic E-state index is 0.160. The average Bonchev–Trinajstić information content (AvgIpc) is 2.44. The molecular formula is C18H36O4. The zero-order valence-electron chi connectivity index (χ0n) is 15.2. The van der Waals surface area contributed by atoms with E-state index in [0.29, 0.717) is 0 Å². The number of carboxylic acids is 2. The number of carbonyl (C=O) groups is 2. The van der Waals surface area contributed by atoms with Gasteiger partial charge in [-0.2, -0.15) is 0 Å². The van der Waals surface area contributed by atoms with E-state index in [1.807, 2.05) is 0 Å². The van der Waals surface area contributed by atoms with Gasteiger partial charge in [-0.05, 0) is 26.7 Å². The van der Waals surface area contributed by atoms with Crippen molar-refractivity contribution in [1.82, 2.24) is 0 Å². The molecule has 4 nitrogen and oxygen atoms in total. The zero-order valence-corrected chi connectivity index (χ0v) is 15.2. The molecule has 2 N–H and O–H groups in total. The maximum Gasteiger partial charge on any atom is 0.309 e. The Morgan fingerprint density at radius 2 is 1.41 bits per heavy atom. The van der Waals surface area contributed by atoms with E-state index in [2.05, 4.69) is 13.8 Å². The summed E-state index contributed by atoms with van der Waals surface area (Å²) in [4.78, 5) is 21.0. The smallest absolute Gasteiger partial charge is 0.309 e. The van der Waals surface area contributed by atoms with Crippen LogP contribution in [0.25, 0.3) is 0 Å². The molecule has 0 aliphatic rings. The molecule has 0 aromatic carbocycles. The minimum Gasteiger partial charge on any atom is -0.481 e. The molecule has 1 atom stereocenters. The standard InChI is InChI=1S/2C9H18O2/c1-4-5-6-7-9(2,3)8(10)11;1-3-4-5-6-7-8(2)9(10)11/h4-7H2,1-3H3,(H,10,11);8H,3-7H2,1-2H3,(H,10,11). The molecule has 132 valence electrons. The van der Waals surface area contributed by atoms with Gasteiger partial charge in [-0.25, -0.2) is 0 Å². The van der Waals surface area contributed by atoms with Crippen molar-refractivity contribution < 1.29 is 19.8 Å². The van der Waals surface area contributed by atoms with Crippen LogP contribution in [0.3, 0.4) is 0 Å². The first-order valence-electron chi connectivity index (χ1n) is 8.65. The van der Waals surface area contributed by atoms with Gasteiger partial charge in [0.15, 0.2) is 0 Å². The van der Waals surface area contributed by atoms with Crippen LogP contribution < -0.4 is 0 Å². The molecule has 22 heavy (non-hydrogen) atoms. The van der Waals surface area contributed by atoms with Crippen molar-refractivity contribution in [3.05, 3.63) is 0 Å². The molecule has 0 aromatic rings. The van der Waals surface area contributed by atoms with Crippen LogP contribution in [-0.2, 0) is 9.59 Å². The fourth-order valence-corrected chi connectivity index (χ4v) is 1.92. The molecule has 0 heterocycles. The molecule has 0 saturated heterocycles. The van der Waals surface area contributed by atoms with Crippen LogP contribution in [0.5, 0.6) is 0 Å². The molecule has 1 unspecified atom stereocenters. The second-order valence-electron chi connectivity index (χ2n) is 6.73. The van der Waals surface area contributed by atoms with Crippen molar-refractivity contribution in [2.45, 2.75) is 92.4 Å². The summed E-state index contributed by atoms with van der Waals surface area (Å²) in [7, 11) is 0. The van der Waals surface area contributed by atoms with Crippen molar-refractivity contribution in [2.24, 2.45) is 11.3 Å². The molecule has 0 aromatic heterocycles. The fraction of sp³-hybridized carbons (Fsp3) is 0.889. The van der Waals surface area contributed by atoms with Gasteiger partial charge in [-0.1, -0.05) is 65.7 Å². The van der Waals surface area contributed by atoms with Crippen molar-refractivity contribution in [3.63, 3.8) is 0 Å². The van der Waals surface area contributed by atoms with Crippen LogP contribution in [0.15, 0.2) is 0 Å². The Bertz CT molecular complexity index is 297. The van der Waals surface area contributed by atoms with Gasteiger partial charge in [-0.3, -0.25) is 9.59 Å². The van der Waals surface area contributed by atoms with Gasteiger partial charge in [0.25, 0.3) is 0 Å². The number of rotatable bonds is 11. The summed E-state index contributed by atoms with van der Waals surface area (Å²) in [5, 5.41) is 17.3. The maximum atomic E-state index is 10.6. The second-order valence-corrected chi connectivity index (χ2v) is 6.73. The highest BCUT2D eigenvalue weighted by Gasteiger charge is 2.25. The van der Waals surface area contributed by atoms with Crippen molar-refractivity contribution in [2.75, 3.05) is 0 Å². The van der Waals surface area contributed by atoms with Crippen LogP contribution in [-0.4, -0.2) is 22.2 Å². The third-order valence-electron chi connectivity index (χ3n) is 3.90. The van der Waals surface area contributed by atoms with E-state index in [9.17, 15) is 9.59 Å². The molecule has 0 saturated carbocycles. The van der Waals surface area contributed by atoms with Gasteiger partial charge in [0.05, 0.1) is 11.3 Å². The van der Waals surface area contributed by atoms with Crippen molar-refractivity contribution in [1.29, 1.82) is 0 Å². The molecule has 4 heteroatoms. The fourth-order valence-electron chi connectivity index (χ4n) is 1.92. The first kappa shape index (κ1) is 23.2. The Balaban J connectivity index is 0. The Morgan fingerprint density at radius 1 is 0.909 bits per heavy atom. The van der Waals surface area contributed by atoms with Crippen LogP contribution in [0.2, 0.25) is 0 Å². The first-order chi connectivity index (χ1) is 10.2. The summed E-state index contributed by atoms with van der Waals surface area (Å²) in [5.41, 5.74) is -0.533. The van der Waals surface area contributed by atoms with Crippen LogP contribution in [0.4, 0.5) is 0 Å². The molecule has 0 bridgehead atoms.